The van der Waals surface area contributed by atoms with Crippen molar-refractivity contribution in [1.82, 2.24) is 15.5 Å². The van der Waals surface area contributed by atoms with Crippen molar-refractivity contribution < 1.29 is 9.59 Å². The highest BCUT2D eigenvalue weighted by Crippen LogP contribution is 2.25. The molecule has 3 heterocycles. The number of carbonyl (C=O) groups excluding carboxylic acids is 2. The van der Waals surface area contributed by atoms with Crippen LogP contribution in [-0.4, -0.2) is 59.8 Å². The molecule has 3 aliphatic heterocycles. The van der Waals surface area contributed by atoms with Crippen LogP contribution in [0.25, 0.3) is 0 Å². The monoisotopic (exact) mass is 377 g/mol. The number of allylic oxidation sites excluding steroid dienone is 1. The van der Waals surface area contributed by atoms with Crippen LogP contribution in [0.4, 0.5) is 0 Å². The summed E-state index contributed by atoms with van der Waals surface area (Å²) in [5, 5.41) is 6.88. The summed E-state index contributed by atoms with van der Waals surface area (Å²) in [4.78, 5) is 28.3. The lowest BCUT2D eigenvalue weighted by Crippen LogP contribution is -2.75. The summed E-state index contributed by atoms with van der Waals surface area (Å²) in [7, 11) is 0. The minimum atomic E-state index is -0.623. The molecule has 1 atom stereocenters. The van der Waals surface area contributed by atoms with E-state index in [1.807, 2.05) is 20.8 Å². The zero-order valence-electron chi connectivity index (χ0n) is 17.9. The SMILES string of the molecule is CC(C)NC12CN(C/C=C\CCCCC[C@](C)(C(=O)C(C)C)NCC1=O)C2. The van der Waals surface area contributed by atoms with Crippen LogP contribution in [0.1, 0.15) is 66.7 Å². The van der Waals surface area contributed by atoms with Crippen molar-refractivity contribution in [1.29, 1.82) is 0 Å². The van der Waals surface area contributed by atoms with E-state index < -0.39 is 11.1 Å². The van der Waals surface area contributed by atoms with Crippen molar-refractivity contribution in [2.45, 2.75) is 83.8 Å². The Hall–Kier alpha value is -1.04. The molecule has 0 spiro atoms. The standard InChI is InChI=1S/C22H39N3O2/c1-17(2)20(27)21(5)12-10-8-6-7-9-11-13-25-15-22(16-25,24-18(3)4)19(26)14-23-21/h9,11,17-18,23-24H,6-8,10,12-16H2,1-5H3/b11-9-/t21-/m1/s1. The van der Waals surface area contributed by atoms with Crippen molar-refractivity contribution in [3.05, 3.63) is 12.2 Å². The molecule has 3 rings (SSSR count). The number of fused-ring (bicyclic) bond motifs is 10. The van der Waals surface area contributed by atoms with Crippen molar-refractivity contribution in [2.75, 3.05) is 26.2 Å². The fourth-order valence-electron chi connectivity index (χ4n) is 4.39. The first-order chi connectivity index (χ1) is 12.7. The van der Waals surface area contributed by atoms with Crippen LogP contribution in [0.3, 0.4) is 0 Å². The molecule has 0 aromatic carbocycles. The molecule has 1 saturated heterocycles. The predicted octanol–water partition coefficient (Wildman–Crippen LogP) is 2.70. The number of hydrogen-bond donors (Lipinski definition) is 2. The lowest BCUT2D eigenvalue weighted by molar-refractivity contribution is -0.133. The molecular formula is C22H39N3O2. The lowest BCUT2D eigenvalue weighted by Gasteiger charge is -2.50. The molecule has 0 radical (unpaired) electrons. The van der Waals surface area contributed by atoms with E-state index in [4.69, 9.17) is 0 Å². The summed E-state index contributed by atoms with van der Waals surface area (Å²) < 4.78 is 0. The Labute approximate surface area is 165 Å². The first-order valence-corrected chi connectivity index (χ1v) is 10.7. The Balaban J connectivity index is 2.17. The maximum absolute atomic E-state index is 13.1. The Kier molecular flexibility index (Phi) is 7.78. The highest BCUT2D eigenvalue weighted by atomic mass is 16.1. The second-order valence-corrected chi connectivity index (χ2v) is 9.25. The summed E-state index contributed by atoms with van der Waals surface area (Å²) >= 11 is 0. The van der Waals surface area contributed by atoms with Gasteiger partial charge in [0.25, 0.3) is 0 Å². The van der Waals surface area contributed by atoms with Gasteiger partial charge in [0.2, 0.25) is 0 Å². The molecule has 1 fully saturated rings. The van der Waals surface area contributed by atoms with Gasteiger partial charge in [0.1, 0.15) is 5.54 Å². The van der Waals surface area contributed by atoms with Gasteiger partial charge in [-0.15, -0.1) is 0 Å². The smallest absolute Gasteiger partial charge is 0.169 e. The van der Waals surface area contributed by atoms with Gasteiger partial charge in [-0.05, 0) is 40.0 Å². The topological polar surface area (TPSA) is 61.4 Å². The maximum atomic E-state index is 13.1. The molecule has 2 N–H and O–H groups in total. The summed E-state index contributed by atoms with van der Waals surface area (Å²) in [6.45, 7) is 12.7. The van der Waals surface area contributed by atoms with E-state index in [1.54, 1.807) is 0 Å². The average Bonchev–Trinajstić information content (AvgIpc) is 2.57. The van der Waals surface area contributed by atoms with Crippen LogP contribution < -0.4 is 10.6 Å². The third-order valence-corrected chi connectivity index (χ3v) is 5.87. The minimum absolute atomic E-state index is 0.0374. The van der Waals surface area contributed by atoms with E-state index in [0.717, 1.165) is 51.7 Å². The van der Waals surface area contributed by atoms with Crippen molar-refractivity contribution in [2.24, 2.45) is 5.92 Å². The summed E-state index contributed by atoms with van der Waals surface area (Å²) in [5.41, 5.74) is -1.11. The summed E-state index contributed by atoms with van der Waals surface area (Å²) in [5.74, 6) is 0.347. The molecular weight excluding hydrogens is 338 g/mol. The lowest BCUT2D eigenvalue weighted by atomic mass is 9.81. The predicted molar refractivity (Wildman–Crippen MR) is 111 cm³/mol. The Morgan fingerprint density at radius 1 is 1.15 bits per heavy atom. The molecule has 2 bridgehead atoms. The molecule has 0 aromatic heterocycles. The van der Waals surface area contributed by atoms with E-state index in [1.165, 1.54) is 0 Å². The number of Topliss-reactive ketones (excluding diaryl/α,β-unsaturated/α-hetero) is 2. The fourth-order valence-corrected chi connectivity index (χ4v) is 4.39. The molecule has 27 heavy (non-hydrogen) atoms. The molecule has 154 valence electrons. The van der Waals surface area contributed by atoms with Crippen LogP contribution in [0, 0.1) is 5.92 Å². The van der Waals surface area contributed by atoms with Crippen molar-refractivity contribution in [3.63, 3.8) is 0 Å². The van der Waals surface area contributed by atoms with Gasteiger partial charge >= 0.3 is 0 Å². The number of ketones is 2. The second kappa shape index (κ2) is 9.44. The van der Waals surface area contributed by atoms with Gasteiger partial charge in [-0.2, -0.15) is 0 Å². The third kappa shape index (κ3) is 5.72. The van der Waals surface area contributed by atoms with Gasteiger partial charge in [-0.25, -0.2) is 0 Å². The number of nitrogens with zero attached hydrogens (tertiary/aromatic N) is 1. The Bertz CT molecular complexity index is 550. The van der Waals surface area contributed by atoms with Crippen molar-refractivity contribution in [3.8, 4) is 0 Å². The van der Waals surface area contributed by atoms with Crippen LogP contribution in [0.5, 0.6) is 0 Å². The van der Waals surface area contributed by atoms with Gasteiger partial charge in [-0.1, -0.05) is 38.8 Å². The zero-order valence-corrected chi connectivity index (χ0v) is 17.9. The molecule has 3 aliphatic rings. The quantitative estimate of drug-likeness (QED) is 0.738. The maximum Gasteiger partial charge on any atom is 0.169 e. The highest BCUT2D eigenvalue weighted by molar-refractivity contribution is 5.94. The van der Waals surface area contributed by atoms with Crippen molar-refractivity contribution >= 4 is 11.6 Å². The first kappa shape index (κ1) is 22.3. The third-order valence-electron chi connectivity index (χ3n) is 5.87. The second-order valence-electron chi connectivity index (χ2n) is 9.25. The molecule has 5 nitrogen and oxygen atoms in total. The summed E-state index contributed by atoms with van der Waals surface area (Å²) in [6.07, 6.45) is 9.64. The largest absolute Gasteiger partial charge is 0.301 e. The Morgan fingerprint density at radius 3 is 2.48 bits per heavy atom. The number of hydrogen-bond acceptors (Lipinski definition) is 5. The van der Waals surface area contributed by atoms with E-state index in [9.17, 15) is 9.59 Å². The molecule has 0 aromatic rings. The van der Waals surface area contributed by atoms with Gasteiger partial charge in [0, 0.05) is 31.6 Å². The zero-order chi connectivity index (χ0) is 20.1. The molecule has 0 unspecified atom stereocenters. The number of nitrogens with one attached hydrogen (secondary N) is 2. The van der Waals surface area contributed by atoms with Crippen LogP contribution in [-0.2, 0) is 9.59 Å². The molecule has 0 saturated carbocycles. The number of rotatable bonds is 4. The summed E-state index contributed by atoms with van der Waals surface area (Å²) in [6, 6.07) is 0.248. The highest BCUT2D eigenvalue weighted by Gasteiger charge is 2.49. The average molecular weight is 378 g/mol. The Morgan fingerprint density at radius 2 is 1.85 bits per heavy atom. The van der Waals surface area contributed by atoms with Crippen LogP contribution in [0.15, 0.2) is 12.2 Å². The number of carbonyl (C=O) groups is 2. The van der Waals surface area contributed by atoms with E-state index in [-0.39, 0.29) is 30.1 Å². The van der Waals surface area contributed by atoms with Gasteiger partial charge in [-0.3, -0.25) is 19.8 Å². The van der Waals surface area contributed by atoms with Gasteiger partial charge < -0.3 is 5.32 Å². The fraction of sp³-hybridized carbons (Fsp3) is 0.818. The van der Waals surface area contributed by atoms with Crippen LogP contribution in [0.2, 0.25) is 0 Å². The van der Waals surface area contributed by atoms with E-state index in [2.05, 4.69) is 41.5 Å². The van der Waals surface area contributed by atoms with Gasteiger partial charge in [0.05, 0.1) is 12.1 Å². The van der Waals surface area contributed by atoms with Crippen LogP contribution >= 0.6 is 0 Å². The van der Waals surface area contributed by atoms with E-state index in [0.29, 0.717) is 0 Å². The van der Waals surface area contributed by atoms with E-state index >= 15 is 0 Å². The minimum Gasteiger partial charge on any atom is -0.301 e. The molecule has 0 aliphatic carbocycles. The van der Waals surface area contributed by atoms with Gasteiger partial charge in [0.15, 0.2) is 11.6 Å². The molecule has 0 amide bonds. The normalized spacial score (nSPS) is 34.6. The molecule has 5 heteroatoms. The first-order valence-electron chi connectivity index (χ1n) is 10.7.